The fourth-order valence-corrected chi connectivity index (χ4v) is 2.49. The first kappa shape index (κ1) is 18.2. The highest BCUT2D eigenvalue weighted by atomic mass is 35.5. The molecule has 0 radical (unpaired) electrons. The highest BCUT2D eigenvalue weighted by molar-refractivity contribution is 5.94. The molecule has 0 unspecified atom stereocenters. The van der Waals surface area contributed by atoms with Crippen LogP contribution >= 0.6 is 12.4 Å². The molecule has 0 bridgehead atoms. The number of fused-ring (bicyclic) bond motifs is 1. The highest BCUT2D eigenvalue weighted by Crippen LogP contribution is 2.36. The van der Waals surface area contributed by atoms with Crippen LogP contribution in [0.2, 0.25) is 0 Å². The monoisotopic (exact) mass is 324 g/mol. The molecule has 1 heterocycles. The van der Waals surface area contributed by atoms with Crippen LogP contribution in [0.3, 0.4) is 0 Å². The molecule has 0 saturated carbocycles. The zero-order valence-electron chi connectivity index (χ0n) is 13.1. The number of halogens is 1. The van der Waals surface area contributed by atoms with Gasteiger partial charge in [0.05, 0.1) is 18.0 Å². The number of aromatic nitrogens is 1. The van der Waals surface area contributed by atoms with Gasteiger partial charge in [0.2, 0.25) is 5.91 Å². The minimum absolute atomic E-state index is 0. The van der Waals surface area contributed by atoms with Crippen LogP contribution < -0.4 is 5.73 Å². The molecule has 2 N–H and O–H groups in total. The molecule has 1 atom stereocenters. The second-order valence-corrected chi connectivity index (χ2v) is 5.68. The van der Waals surface area contributed by atoms with Crippen molar-refractivity contribution in [2.24, 2.45) is 11.1 Å². The Morgan fingerprint density at radius 2 is 1.86 bits per heavy atom. The Kier molecular flexibility index (Phi) is 5.38. The van der Waals surface area contributed by atoms with E-state index in [1.165, 1.54) is 14.0 Å². The minimum Gasteiger partial charge on any atom is -0.469 e. The topological polar surface area (TPSA) is 74.3 Å². The molecule has 0 saturated heterocycles. The van der Waals surface area contributed by atoms with Gasteiger partial charge in [0, 0.05) is 24.5 Å². The van der Waals surface area contributed by atoms with Crippen molar-refractivity contribution in [1.82, 2.24) is 4.57 Å². The van der Waals surface area contributed by atoms with Crippen LogP contribution in [0.1, 0.15) is 37.2 Å². The maximum atomic E-state index is 11.9. The van der Waals surface area contributed by atoms with Gasteiger partial charge in [0.1, 0.15) is 0 Å². The van der Waals surface area contributed by atoms with Crippen LogP contribution in [0.5, 0.6) is 0 Å². The van der Waals surface area contributed by atoms with Crippen LogP contribution in [0.25, 0.3) is 10.9 Å². The Morgan fingerprint density at radius 3 is 2.41 bits per heavy atom. The molecular weight excluding hydrogens is 304 g/mol. The Bertz CT molecular complexity index is 706. The largest absolute Gasteiger partial charge is 0.469 e. The molecule has 0 aliphatic heterocycles. The van der Waals surface area contributed by atoms with Gasteiger partial charge in [0.25, 0.3) is 0 Å². The first-order valence-electron chi connectivity index (χ1n) is 6.75. The fraction of sp³-hybridized carbons (Fsp3) is 0.375. The highest BCUT2D eigenvalue weighted by Gasteiger charge is 2.38. The third-order valence-corrected chi connectivity index (χ3v) is 3.91. The van der Waals surface area contributed by atoms with Gasteiger partial charge in [-0.3, -0.25) is 14.2 Å². The lowest BCUT2D eigenvalue weighted by Gasteiger charge is -2.28. The summed E-state index contributed by atoms with van der Waals surface area (Å²) in [5.74, 6) is -0.477. The third-order valence-electron chi connectivity index (χ3n) is 3.91. The van der Waals surface area contributed by atoms with Crippen LogP contribution in [-0.4, -0.2) is 23.6 Å². The lowest BCUT2D eigenvalue weighted by molar-refractivity contribution is -0.152. The van der Waals surface area contributed by atoms with E-state index in [9.17, 15) is 9.59 Å². The van der Waals surface area contributed by atoms with E-state index >= 15 is 0 Å². The Hall–Kier alpha value is -1.85. The summed E-state index contributed by atoms with van der Waals surface area (Å²) in [4.78, 5) is 23.7. The summed E-state index contributed by atoms with van der Waals surface area (Å²) in [5, 5.41) is 0.872. The average Bonchev–Trinajstić information content (AvgIpc) is 2.85. The number of ether oxygens (including phenoxy) is 1. The van der Waals surface area contributed by atoms with E-state index in [4.69, 9.17) is 10.5 Å². The van der Waals surface area contributed by atoms with Crippen LogP contribution in [0.15, 0.2) is 30.5 Å². The average molecular weight is 325 g/mol. The molecule has 0 aliphatic carbocycles. The molecule has 2 aromatic rings. The summed E-state index contributed by atoms with van der Waals surface area (Å²) >= 11 is 0. The van der Waals surface area contributed by atoms with Crippen molar-refractivity contribution in [2.45, 2.75) is 26.8 Å². The van der Waals surface area contributed by atoms with Crippen LogP contribution in [-0.2, 0) is 9.53 Å². The number of carbonyl (C=O) groups excluding carboxylic acids is 2. The van der Waals surface area contributed by atoms with E-state index in [2.05, 4.69) is 0 Å². The molecular formula is C16H21ClN2O3. The number of benzene rings is 1. The van der Waals surface area contributed by atoms with E-state index in [1.807, 2.05) is 24.3 Å². The van der Waals surface area contributed by atoms with Gasteiger partial charge in [-0.2, -0.15) is 0 Å². The van der Waals surface area contributed by atoms with Gasteiger partial charge in [-0.1, -0.05) is 18.2 Å². The smallest absolute Gasteiger partial charge is 0.313 e. The zero-order chi connectivity index (χ0) is 15.8. The van der Waals surface area contributed by atoms with Gasteiger partial charge in [-0.15, -0.1) is 12.4 Å². The van der Waals surface area contributed by atoms with Gasteiger partial charge >= 0.3 is 5.97 Å². The van der Waals surface area contributed by atoms with Crippen LogP contribution in [0.4, 0.5) is 0 Å². The number of hydrogen-bond acceptors (Lipinski definition) is 4. The number of esters is 1. The molecule has 0 fully saturated rings. The second kappa shape index (κ2) is 6.50. The predicted octanol–water partition coefficient (Wildman–Crippen LogP) is 2.92. The SMILES string of the molecule is COC(=O)C(C)(C)[C@H](N)c1cn(C(C)=O)c2ccccc12.Cl. The number of para-hydroxylation sites is 1. The van der Waals surface area contributed by atoms with E-state index in [0.29, 0.717) is 0 Å². The summed E-state index contributed by atoms with van der Waals surface area (Å²) in [6.07, 6.45) is 1.71. The normalized spacial score (nSPS) is 12.6. The van der Waals surface area contributed by atoms with Crippen molar-refractivity contribution in [3.63, 3.8) is 0 Å². The third kappa shape index (κ3) is 2.87. The molecule has 1 aromatic heterocycles. The molecule has 1 aromatic carbocycles. The predicted molar refractivity (Wildman–Crippen MR) is 88.2 cm³/mol. The molecule has 120 valence electrons. The first-order chi connectivity index (χ1) is 9.80. The summed E-state index contributed by atoms with van der Waals surface area (Å²) in [6, 6.07) is 6.93. The van der Waals surface area contributed by atoms with Gasteiger partial charge < -0.3 is 10.5 Å². The van der Waals surface area contributed by atoms with Crippen LogP contribution in [0, 0.1) is 5.41 Å². The molecule has 22 heavy (non-hydrogen) atoms. The molecule has 0 aliphatic rings. The van der Waals surface area contributed by atoms with Crippen molar-refractivity contribution < 1.29 is 14.3 Å². The quantitative estimate of drug-likeness (QED) is 0.881. The van der Waals surface area contributed by atoms with E-state index in [-0.39, 0.29) is 24.3 Å². The lowest BCUT2D eigenvalue weighted by Crippen LogP contribution is -2.37. The second-order valence-electron chi connectivity index (χ2n) is 5.68. The molecule has 2 rings (SSSR count). The fourth-order valence-electron chi connectivity index (χ4n) is 2.49. The van der Waals surface area contributed by atoms with E-state index < -0.39 is 11.5 Å². The van der Waals surface area contributed by atoms with Crippen molar-refractivity contribution >= 4 is 35.2 Å². The number of hydrogen-bond donors (Lipinski definition) is 1. The summed E-state index contributed by atoms with van der Waals surface area (Å²) in [7, 11) is 1.34. The van der Waals surface area contributed by atoms with Gasteiger partial charge in [0.15, 0.2) is 0 Å². The Morgan fingerprint density at radius 1 is 1.27 bits per heavy atom. The maximum Gasteiger partial charge on any atom is 0.313 e. The summed E-state index contributed by atoms with van der Waals surface area (Å²) in [5.41, 5.74) is 6.96. The lowest BCUT2D eigenvalue weighted by atomic mass is 9.81. The number of carbonyl (C=O) groups is 2. The maximum absolute atomic E-state index is 11.9. The summed E-state index contributed by atoms with van der Waals surface area (Å²) < 4.78 is 6.38. The van der Waals surface area contributed by atoms with E-state index in [0.717, 1.165) is 16.5 Å². The summed E-state index contributed by atoms with van der Waals surface area (Å²) in [6.45, 7) is 4.97. The number of nitrogens with two attached hydrogens (primary N) is 1. The number of rotatable bonds is 3. The van der Waals surface area contributed by atoms with Crippen molar-refractivity contribution in [3.8, 4) is 0 Å². The standard InChI is InChI=1S/C16H20N2O3.ClH/c1-10(19)18-9-12(11-7-5-6-8-13(11)18)14(17)16(2,3)15(20)21-4;/h5-9,14H,17H2,1-4H3;1H/t14-;/m1./s1. The molecule has 0 amide bonds. The molecule has 5 nitrogen and oxygen atoms in total. The van der Waals surface area contributed by atoms with Gasteiger partial charge in [-0.25, -0.2) is 0 Å². The molecule has 6 heteroatoms. The van der Waals surface area contributed by atoms with Crippen molar-refractivity contribution in [3.05, 3.63) is 36.0 Å². The first-order valence-corrected chi connectivity index (χ1v) is 6.75. The minimum atomic E-state index is -0.888. The Labute approximate surface area is 135 Å². The van der Waals surface area contributed by atoms with Crippen molar-refractivity contribution in [2.75, 3.05) is 7.11 Å². The Balaban J connectivity index is 0.00000242. The van der Waals surface area contributed by atoms with Crippen molar-refractivity contribution in [1.29, 1.82) is 0 Å². The zero-order valence-corrected chi connectivity index (χ0v) is 13.9. The number of nitrogens with zero attached hydrogens (tertiary/aromatic N) is 1. The number of methoxy groups -OCH3 is 1. The van der Waals surface area contributed by atoms with Gasteiger partial charge in [-0.05, 0) is 25.5 Å². The molecule has 0 spiro atoms. The van der Waals surface area contributed by atoms with E-state index in [1.54, 1.807) is 24.6 Å².